The van der Waals surface area contributed by atoms with Gasteiger partial charge in [0.15, 0.2) is 0 Å². The van der Waals surface area contributed by atoms with Gasteiger partial charge < -0.3 is 16.0 Å². The Balaban J connectivity index is 1.73. The molecule has 3 rings (SSSR count). The van der Waals surface area contributed by atoms with Crippen molar-refractivity contribution in [3.8, 4) is 0 Å². The number of carbonyl (C=O) groups is 1. The number of aromatic nitrogens is 3. The Morgan fingerprint density at radius 1 is 1.46 bits per heavy atom. The number of hydrogen-bond acceptors (Lipinski definition) is 6. The third-order valence-electron chi connectivity index (χ3n) is 4.26. The first-order valence-corrected chi connectivity index (χ1v) is 8.23. The van der Waals surface area contributed by atoms with Crippen LogP contribution in [0, 0.1) is 0 Å². The van der Waals surface area contributed by atoms with Crippen LogP contribution in [0.1, 0.15) is 35.8 Å². The van der Waals surface area contributed by atoms with Crippen molar-refractivity contribution < 1.29 is 4.79 Å². The van der Waals surface area contributed by atoms with E-state index in [0.29, 0.717) is 5.56 Å². The first kappa shape index (κ1) is 16.2. The van der Waals surface area contributed by atoms with Crippen LogP contribution >= 0.6 is 0 Å². The number of anilines is 2. The number of pyridine rings is 1. The van der Waals surface area contributed by atoms with Crippen LogP contribution in [0.2, 0.25) is 0 Å². The molecule has 3 N–H and O–H groups in total. The van der Waals surface area contributed by atoms with Gasteiger partial charge in [-0.3, -0.25) is 9.78 Å². The van der Waals surface area contributed by atoms with Crippen molar-refractivity contribution in [3.05, 3.63) is 42.1 Å². The summed E-state index contributed by atoms with van der Waals surface area (Å²) in [7, 11) is 0. The molecular weight excluding hydrogens is 304 g/mol. The molecule has 7 nitrogen and oxygen atoms in total. The van der Waals surface area contributed by atoms with Gasteiger partial charge in [0.25, 0.3) is 5.91 Å². The standard InChI is InChI=1S/C17H22N6O/c1-2-12-8-16(21-11-20-12)23-7-3-4-13(10-23)22-15-5-6-19-9-14(15)17(18)24/h5-6,8-9,11,13H,2-4,7,10H2,1H3,(H2,18,24)(H,19,22). The highest BCUT2D eigenvalue weighted by Gasteiger charge is 2.22. The van der Waals surface area contributed by atoms with Gasteiger partial charge in [0.05, 0.1) is 11.3 Å². The highest BCUT2D eigenvalue weighted by atomic mass is 16.1. The van der Waals surface area contributed by atoms with E-state index in [2.05, 4.69) is 32.1 Å². The fraction of sp³-hybridized carbons (Fsp3) is 0.412. The number of piperidine rings is 1. The second-order valence-electron chi connectivity index (χ2n) is 5.94. The fourth-order valence-electron chi connectivity index (χ4n) is 2.99. The lowest BCUT2D eigenvalue weighted by Gasteiger charge is -2.34. The molecule has 0 radical (unpaired) electrons. The van der Waals surface area contributed by atoms with E-state index in [1.54, 1.807) is 18.6 Å². The Kier molecular flexibility index (Phi) is 4.88. The lowest BCUT2D eigenvalue weighted by Crippen LogP contribution is -2.42. The molecule has 0 bridgehead atoms. The van der Waals surface area contributed by atoms with Gasteiger partial charge in [0.2, 0.25) is 0 Å². The summed E-state index contributed by atoms with van der Waals surface area (Å²) in [5, 5.41) is 3.43. The van der Waals surface area contributed by atoms with E-state index < -0.39 is 5.91 Å². The van der Waals surface area contributed by atoms with Gasteiger partial charge in [-0.25, -0.2) is 9.97 Å². The lowest BCUT2D eigenvalue weighted by molar-refractivity contribution is 0.100. The van der Waals surface area contributed by atoms with Gasteiger partial charge in [-0.15, -0.1) is 0 Å². The molecule has 1 unspecified atom stereocenters. The molecule has 2 aromatic rings. The number of hydrogen-bond donors (Lipinski definition) is 2. The molecule has 0 spiro atoms. The summed E-state index contributed by atoms with van der Waals surface area (Å²) in [5.74, 6) is 0.486. The third-order valence-corrected chi connectivity index (χ3v) is 4.26. The van der Waals surface area contributed by atoms with Crippen molar-refractivity contribution in [3.63, 3.8) is 0 Å². The van der Waals surface area contributed by atoms with Crippen molar-refractivity contribution in [2.75, 3.05) is 23.3 Å². The van der Waals surface area contributed by atoms with E-state index in [1.165, 1.54) is 6.20 Å². The number of amides is 1. The van der Waals surface area contributed by atoms with E-state index >= 15 is 0 Å². The van der Waals surface area contributed by atoms with E-state index in [1.807, 2.05) is 6.07 Å². The number of aryl methyl sites for hydroxylation is 1. The second kappa shape index (κ2) is 7.25. The molecule has 3 heterocycles. The van der Waals surface area contributed by atoms with Gasteiger partial charge in [0.1, 0.15) is 12.1 Å². The zero-order chi connectivity index (χ0) is 16.9. The van der Waals surface area contributed by atoms with Crippen molar-refractivity contribution in [2.24, 2.45) is 5.73 Å². The number of nitrogens with one attached hydrogen (secondary N) is 1. The van der Waals surface area contributed by atoms with Gasteiger partial charge in [-0.1, -0.05) is 6.92 Å². The Morgan fingerprint density at radius 2 is 2.33 bits per heavy atom. The fourth-order valence-corrected chi connectivity index (χ4v) is 2.99. The van der Waals surface area contributed by atoms with Crippen LogP contribution in [-0.2, 0) is 6.42 Å². The minimum Gasteiger partial charge on any atom is -0.380 e. The van der Waals surface area contributed by atoms with E-state index in [9.17, 15) is 4.79 Å². The van der Waals surface area contributed by atoms with Gasteiger partial charge >= 0.3 is 0 Å². The Labute approximate surface area is 141 Å². The molecule has 1 fully saturated rings. The second-order valence-corrected chi connectivity index (χ2v) is 5.94. The zero-order valence-corrected chi connectivity index (χ0v) is 13.8. The average Bonchev–Trinajstić information content (AvgIpc) is 2.62. The summed E-state index contributed by atoms with van der Waals surface area (Å²) < 4.78 is 0. The highest BCUT2D eigenvalue weighted by Crippen LogP contribution is 2.22. The number of nitrogens with two attached hydrogens (primary N) is 1. The lowest BCUT2D eigenvalue weighted by atomic mass is 10.0. The van der Waals surface area contributed by atoms with Crippen LogP contribution in [0.3, 0.4) is 0 Å². The molecule has 126 valence electrons. The SMILES string of the molecule is CCc1cc(N2CCCC(Nc3ccncc3C(N)=O)C2)ncn1. The summed E-state index contributed by atoms with van der Waals surface area (Å²) >= 11 is 0. The van der Waals surface area contributed by atoms with Crippen molar-refractivity contribution in [1.82, 2.24) is 15.0 Å². The molecular formula is C17H22N6O. The minimum absolute atomic E-state index is 0.222. The maximum atomic E-state index is 11.5. The van der Waals surface area contributed by atoms with Crippen molar-refractivity contribution in [2.45, 2.75) is 32.2 Å². The molecule has 0 aromatic carbocycles. The number of primary amides is 1. The maximum Gasteiger partial charge on any atom is 0.252 e. The third kappa shape index (κ3) is 3.61. The monoisotopic (exact) mass is 326 g/mol. The first-order valence-electron chi connectivity index (χ1n) is 8.23. The summed E-state index contributed by atoms with van der Waals surface area (Å²) in [5.41, 5.74) is 7.62. The zero-order valence-electron chi connectivity index (χ0n) is 13.8. The molecule has 0 aliphatic carbocycles. The van der Waals surface area contributed by atoms with Crippen molar-refractivity contribution in [1.29, 1.82) is 0 Å². The maximum absolute atomic E-state index is 11.5. The van der Waals surface area contributed by atoms with Gasteiger partial charge in [-0.2, -0.15) is 0 Å². The van der Waals surface area contributed by atoms with Gasteiger partial charge in [-0.05, 0) is 25.3 Å². The smallest absolute Gasteiger partial charge is 0.252 e. The first-order chi connectivity index (χ1) is 11.7. The van der Waals surface area contributed by atoms with E-state index in [4.69, 9.17) is 5.73 Å². The summed E-state index contributed by atoms with van der Waals surface area (Å²) in [6.45, 7) is 3.87. The van der Waals surface area contributed by atoms with Crippen LogP contribution in [-0.4, -0.2) is 40.0 Å². The minimum atomic E-state index is -0.471. The van der Waals surface area contributed by atoms with E-state index in [-0.39, 0.29) is 6.04 Å². The number of rotatable bonds is 5. The summed E-state index contributed by atoms with van der Waals surface area (Å²) in [6, 6.07) is 4.06. The Morgan fingerprint density at radius 3 is 3.12 bits per heavy atom. The molecule has 1 amide bonds. The van der Waals surface area contributed by atoms with Gasteiger partial charge in [0, 0.05) is 43.3 Å². The molecule has 2 aromatic heterocycles. The quantitative estimate of drug-likeness (QED) is 0.866. The molecule has 7 heteroatoms. The normalized spacial score (nSPS) is 17.5. The van der Waals surface area contributed by atoms with Crippen LogP contribution in [0.4, 0.5) is 11.5 Å². The molecule has 1 saturated heterocycles. The highest BCUT2D eigenvalue weighted by molar-refractivity contribution is 5.98. The predicted octanol–water partition coefficient (Wildman–Crippen LogP) is 1.61. The topological polar surface area (TPSA) is 97.0 Å². The largest absolute Gasteiger partial charge is 0.380 e. The summed E-state index contributed by atoms with van der Waals surface area (Å²) in [6.07, 6.45) is 7.77. The number of carbonyl (C=O) groups excluding carboxylic acids is 1. The molecule has 1 atom stereocenters. The average molecular weight is 326 g/mol. The van der Waals surface area contributed by atoms with Crippen LogP contribution < -0.4 is 16.0 Å². The predicted molar refractivity (Wildman–Crippen MR) is 93.0 cm³/mol. The molecule has 0 saturated carbocycles. The molecule has 1 aliphatic heterocycles. The van der Waals surface area contributed by atoms with Crippen LogP contribution in [0.15, 0.2) is 30.9 Å². The Bertz CT molecular complexity index is 720. The Hall–Kier alpha value is -2.70. The molecule has 1 aliphatic rings. The van der Waals surface area contributed by atoms with E-state index in [0.717, 1.165) is 49.6 Å². The van der Waals surface area contributed by atoms with Crippen molar-refractivity contribution >= 4 is 17.4 Å². The van der Waals surface area contributed by atoms with Crippen LogP contribution in [0.5, 0.6) is 0 Å². The van der Waals surface area contributed by atoms with Crippen LogP contribution in [0.25, 0.3) is 0 Å². The number of nitrogens with zero attached hydrogens (tertiary/aromatic N) is 4. The molecule has 24 heavy (non-hydrogen) atoms. The summed E-state index contributed by atoms with van der Waals surface area (Å²) in [4.78, 5) is 26.4.